The lowest BCUT2D eigenvalue weighted by Crippen LogP contribution is -2.05. The maximum atomic E-state index is 10.8. The molecule has 0 aliphatic heterocycles. The van der Waals surface area contributed by atoms with Crippen LogP contribution in [0.15, 0.2) is 42.5 Å². The van der Waals surface area contributed by atoms with E-state index in [1.165, 1.54) is 13.2 Å². The fraction of sp³-hybridized carbons (Fsp3) is 0.118. The number of ether oxygens (including phenoxy) is 2. The van der Waals surface area contributed by atoms with E-state index in [4.69, 9.17) is 38.4 Å². The Labute approximate surface area is 144 Å². The van der Waals surface area contributed by atoms with Gasteiger partial charge in [-0.3, -0.25) is 4.79 Å². The predicted octanol–water partition coefficient (Wildman–Crippen LogP) is 4.08. The fourth-order valence-electron chi connectivity index (χ4n) is 1.92. The number of amides is 1. The van der Waals surface area contributed by atoms with Crippen molar-refractivity contribution in [1.82, 2.24) is 0 Å². The van der Waals surface area contributed by atoms with Crippen molar-refractivity contribution >= 4 is 35.2 Å². The van der Waals surface area contributed by atoms with Crippen LogP contribution < -0.4 is 15.2 Å². The number of carbonyl (C=O) groups is 1. The molecule has 0 aliphatic rings. The smallest absolute Gasteiger partial charge is 0.241 e. The molecule has 0 bridgehead atoms. The lowest BCUT2D eigenvalue weighted by atomic mass is 10.2. The van der Waals surface area contributed by atoms with Crippen LogP contribution in [0.3, 0.4) is 0 Å². The third kappa shape index (κ3) is 4.65. The van der Waals surface area contributed by atoms with Crippen LogP contribution in [0.1, 0.15) is 11.1 Å². The van der Waals surface area contributed by atoms with Gasteiger partial charge in [-0.2, -0.15) is 0 Å². The van der Waals surface area contributed by atoms with Crippen LogP contribution in [0.2, 0.25) is 10.0 Å². The van der Waals surface area contributed by atoms with Crippen LogP contribution in [-0.2, 0) is 11.4 Å². The number of hydrogen-bond acceptors (Lipinski definition) is 3. The maximum Gasteiger partial charge on any atom is 0.241 e. The van der Waals surface area contributed by atoms with Gasteiger partial charge in [-0.05, 0) is 29.8 Å². The fourth-order valence-corrected chi connectivity index (χ4v) is 2.38. The molecule has 0 radical (unpaired) electrons. The Morgan fingerprint density at radius 3 is 2.61 bits per heavy atom. The van der Waals surface area contributed by atoms with Crippen molar-refractivity contribution in [3.05, 3.63) is 63.6 Å². The van der Waals surface area contributed by atoms with Gasteiger partial charge in [0.15, 0.2) is 11.5 Å². The van der Waals surface area contributed by atoms with E-state index >= 15 is 0 Å². The van der Waals surface area contributed by atoms with Gasteiger partial charge in [0.25, 0.3) is 0 Å². The molecule has 1 amide bonds. The highest BCUT2D eigenvalue weighted by Crippen LogP contribution is 2.37. The third-order valence-electron chi connectivity index (χ3n) is 3.02. The number of carbonyl (C=O) groups excluding carboxylic acids is 1. The molecule has 2 rings (SSSR count). The van der Waals surface area contributed by atoms with E-state index in [1.807, 2.05) is 18.2 Å². The van der Waals surface area contributed by atoms with Crippen molar-refractivity contribution in [3.63, 3.8) is 0 Å². The Hall–Kier alpha value is -2.17. The number of nitrogens with two attached hydrogens (primary N) is 1. The number of methoxy groups -OCH3 is 1. The molecule has 0 spiro atoms. The van der Waals surface area contributed by atoms with Crippen molar-refractivity contribution < 1.29 is 14.3 Å². The zero-order valence-corrected chi connectivity index (χ0v) is 13.9. The molecule has 2 aromatic carbocycles. The maximum absolute atomic E-state index is 10.8. The summed E-state index contributed by atoms with van der Waals surface area (Å²) >= 11 is 12.3. The van der Waals surface area contributed by atoms with Crippen molar-refractivity contribution in [2.24, 2.45) is 5.73 Å². The minimum Gasteiger partial charge on any atom is -0.493 e. The minimum atomic E-state index is -0.542. The number of primary amides is 1. The minimum absolute atomic E-state index is 0.256. The average molecular weight is 352 g/mol. The Kier molecular flexibility index (Phi) is 5.90. The van der Waals surface area contributed by atoms with Crippen LogP contribution >= 0.6 is 23.2 Å². The van der Waals surface area contributed by atoms with Crippen molar-refractivity contribution in [3.8, 4) is 11.5 Å². The number of benzene rings is 2. The average Bonchev–Trinajstić information content (AvgIpc) is 2.52. The highest BCUT2D eigenvalue weighted by Gasteiger charge is 2.12. The number of rotatable bonds is 6. The molecule has 0 heterocycles. The van der Waals surface area contributed by atoms with Gasteiger partial charge in [0, 0.05) is 16.7 Å². The quantitative estimate of drug-likeness (QED) is 0.797. The summed E-state index contributed by atoms with van der Waals surface area (Å²) in [7, 11) is 1.51. The second-order valence-electron chi connectivity index (χ2n) is 4.65. The molecule has 0 atom stereocenters. The van der Waals surface area contributed by atoms with Crippen LogP contribution in [0.5, 0.6) is 11.5 Å². The van der Waals surface area contributed by atoms with Gasteiger partial charge in [-0.15, -0.1) is 0 Å². The molecule has 120 valence electrons. The molecule has 2 N–H and O–H groups in total. The Morgan fingerprint density at radius 1 is 1.22 bits per heavy atom. The summed E-state index contributed by atoms with van der Waals surface area (Å²) in [5, 5.41) is 0.976. The van der Waals surface area contributed by atoms with Crippen molar-refractivity contribution in [1.29, 1.82) is 0 Å². The summed E-state index contributed by atoms with van der Waals surface area (Å²) in [6.45, 7) is 0.256. The van der Waals surface area contributed by atoms with E-state index in [1.54, 1.807) is 24.3 Å². The first-order valence-corrected chi connectivity index (χ1v) is 7.48. The second-order valence-corrected chi connectivity index (χ2v) is 5.46. The van der Waals surface area contributed by atoms with E-state index in [0.717, 1.165) is 5.56 Å². The molecule has 0 aliphatic carbocycles. The molecular formula is C17H15Cl2NO3. The van der Waals surface area contributed by atoms with E-state index in [-0.39, 0.29) is 6.61 Å². The summed E-state index contributed by atoms with van der Waals surface area (Å²) < 4.78 is 11.0. The lowest BCUT2D eigenvalue weighted by molar-refractivity contribution is -0.113. The van der Waals surface area contributed by atoms with E-state index in [0.29, 0.717) is 27.1 Å². The molecule has 4 nitrogen and oxygen atoms in total. The van der Waals surface area contributed by atoms with Gasteiger partial charge < -0.3 is 15.2 Å². The molecule has 23 heavy (non-hydrogen) atoms. The molecule has 0 aromatic heterocycles. The zero-order valence-electron chi connectivity index (χ0n) is 12.4. The Morgan fingerprint density at radius 2 is 1.96 bits per heavy atom. The van der Waals surface area contributed by atoms with Crippen LogP contribution in [0, 0.1) is 0 Å². The summed E-state index contributed by atoms with van der Waals surface area (Å²) in [4.78, 5) is 10.8. The summed E-state index contributed by atoms with van der Waals surface area (Å²) in [5.41, 5.74) is 6.59. The third-order valence-corrected chi connectivity index (χ3v) is 3.67. The summed E-state index contributed by atoms with van der Waals surface area (Å²) in [6, 6.07) is 10.7. The Bertz CT molecular complexity index is 745. The van der Waals surface area contributed by atoms with E-state index in [9.17, 15) is 4.79 Å². The van der Waals surface area contributed by atoms with Crippen molar-refractivity contribution in [2.45, 2.75) is 6.61 Å². The first-order valence-electron chi connectivity index (χ1n) is 6.72. The van der Waals surface area contributed by atoms with Crippen molar-refractivity contribution in [2.75, 3.05) is 7.11 Å². The van der Waals surface area contributed by atoms with Gasteiger partial charge in [0.05, 0.1) is 12.1 Å². The topological polar surface area (TPSA) is 61.5 Å². The van der Waals surface area contributed by atoms with Gasteiger partial charge >= 0.3 is 0 Å². The normalized spacial score (nSPS) is 10.7. The molecule has 0 saturated carbocycles. The Balaban J connectivity index is 2.24. The molecule has 2 aromatic rings. The predicted molar refractivity (Wildman–Crippen MR) is 92.0 cm³/mol. The number of hydrogen-bond donors (Lipinski definition) is 1. The monoisotopic (exact) mass is 351 g/mol. The molecule has 6 heteroatoms. The van der Waals surface area contributed by atoms with Crippen LogP contribution in [-0.4, -0.2) is 13.0 Å². The van der Waals surface area contributed by atoms with E-state index in [2.05, 4.69) is 0 Å². The largest absolute Gasteiger partial charge is 0.493 e. The van der Waals surface area contributed by atoms with Crippen LogP contribution in [0.25, 0.3) is 6.08 Å². The summed E-state index contributed by atoms with van der Waals surface area (Å²) in [5.74, 6) is 0.318. The molecular weight excluding hydrogens is 337 g/mol. The van der Waals surface area contributed by atoms with E-state index < -0.39 is 5.91 Å². The van der Waals surface area contributed by atoms with Gasteiger partial charge in [-0.1, -0.05) is 41.4 Å². The standard InChI is InChI=1S/C17H15Cl2NO3/c1-22-15-9-11(6-7-16(20)21)8-14(19)17(15)23-10-12-4-2-3-5-13(12)18/h2-9H,10H2,1H3,(H2,20,21). The van der Waals surface area contributed by atoms with Gasteiger partial charge in [-0.25, -0.2) is 0 Å². The first-order chi connectivity index (χ1) is 11.0. The zero-order chi connectivity index (χ0) is 16.8. The lowest BCUT2D eigenvalue weighted by Gasteiger charge is -2.14. The second kappa shape index (κ2) is 7.90. The molecule has 0 unspecified atom stereocenters. The SMILES string of the molecule is COc1cc(C=CC(N)=O)cc(Cl)c1OCc1ccccc1Cl. The highest BCUT2D eigenvalue weighted by molar-refractivity contribution is 6.32. The molecule has 0 fully saturated rings. The molecule has 0 saturated heterocycles. The number of halogens is 2. The van der Waals surface area contributed by atoms with Gasteiger partial charge in [0.1, 0.15) is 6.61 Å². The van der Waals surface area contributed by atoms with Gasteiger partial charge in [0.2, 0.25) is 5.91 Å². The first kappa shape index (κ1) is 17.2. The highest BCUT2D eigenvalue weighted by atomic mass is 35.5. The van der Waals surface area contributed by atoms with Crippen LogP contribution in [0.4, 0.5) is 0 Å². The summed E-state index contributed by atoms with van der Waals surface area (Å²) in [6.07, 6.45) is 2.80.